The Kier molecular flexibility index (Phi) is 3.06. The van der Waals surface area contributed by atoms with E-state index in [1.54, 1.807) is 17.6 Å². The minimum atomic E-state index is -0.172. The molecule has 82 valence electrons. The van der Waals surface area contributed by atoms with Crippen molar-refractivity contribution in [3.05, 3.63) is 29.5 Å². The third kappa shape index (κ3) is 2.74. The fourth-order valence-corrected chi connectivity index (χ4v) is 1.56. The average molecular weight is 235 g/mol. The number of carbonyl (C=O) groups is 1. The summed E-state index contributed by atoms with van der Waals surface area (Å²) in [6, 6.07) is 3.43. The molecule has 3 N–H and O–H groups in total. The number of hydrogen-bond acceptors (Lipinski definition) is 6. The Bertz CT molecular complexity index is 467. The third-order valence-corrected chi connectivity index (χ3v) is 2.40. The van der Waals surface area contributed by atoms with Crippen LogP contribution in [0.15, 0.2) is 23.8 Å². The predicted molar refractivity (Wildman–Crippen MR) is 60.9 cm³/mol. The predicted octanol–water partition coefficient (Wildman–Crippen LogP) is 0.696. The molecule has 0 bridgehead atoms. The van der Waals surface area contributed by atoms with Crippen LogP contribution in [0.3, 0.4) is 0 Å². The maximum Gasteiger partial charge on any atom is 0.232 e. The molecule has 0 spiro atoms. The normalized spacial score (nSPS) is 10.0. The van der Waals surface area contributed by atoms with Gasteiger partial charge in [-0.3, -0.25) is 9.78 Å². The first kappa shape index (κ1) is 10.5. The fourth-order valence-electron chi connectivity index (χ4n) is 1.10. The molecule has 0 aliphatic rings. The molecule has 0 saturated heterocycles. The number of pyridine rings is 1. The molecule has 0 radical (unpaired) electrons. The van der Waals surface area contributed by atoms with E-state index in [9.17, 15) is 4.79 Å². The summed E-state index contributed by atoms with van der Waals surface area (Å²) in [4.78, 5) is 15.6. The molecular formula is C9H9N5OS. The van der Waals surface area contributed by atoms with Gasteiger partial charge in [0, 0.05) is 5.69 Å². The van der Waals surface area contributed by atoms with Crippen LogP contribution >= 0.6 is 11.3 Å². The number of nitrogens with two attached hydrogens (primary N) is 1. The van der Waals surface area contributed by atoms with Crippen molar-refractivity contribution in [1.29, 1.82) is 0 Å². The molecule has 2 aromatic heterocycles. The summed E-state index contributed by atoms with van der Waals surface area (Å²) in [6.07, 6.45) is 1.72. The van der Waals surface area contributed by atoms with Crippen LogP contribution in [-0.2, 0) is 11.2 Å². The van der Waals surface area contributed by atoms with Crippen LogP contribution in [0, 0.1) is 0 Å². The molecule has 0 atom stereocenters. The van der Waals surface area contributed by atoms with E-state index in [1.165, 1.54) is 17.5 Å². The first-order valence-corrected chi connectivity index (χ1v) is 5.38. The lowest BCUT2D eigenvalue weighted by atomic mass is 10.2. The van der Waals surface area contributed by atoms with Gasteiger partial charge in [-0.15, -0.1) is 10.2 Å². The molecule has 0 aliphatic heterocycles. The molecule has 0 fully saturated rings. The molecule has 0 aromatic carbocycles. The van der Waals surface area contributed by atoms with Crippen molar-refractivity contribution in [2.75, 3.05) is 11.1 Å². The number of anilines is 2. The van der Waals surface area contributed by atoms with Gasteiger partial charge in [0.25, 0.3) is 0 Å². The second-order valence-electron chi connectivity index (χ2n) is 3.05. The highest BCUT2D eigenvalue weighted by molar-refractivity contribution is 7.13. The SMILES string of the molecule is Nc1ccc(CC(=O)Nc2nncs2)nc1. The van der Waals surface area contributed by atoms with Gasteiger partial charge in [-0.1, -0.05) is 11.3 Å². The van der Waals surface area contributed by atoms with Gasteiger partial charge in [0.15, 0.2) is 0 Å². The fraction of sp³-hybridized carbons (Fsp3) is 0.111. The van der Waals surface area contributed by atoms with E-state index < -0.39 is 0 Å². The Labute approximate surface area is 95.5 Å². The van der Waals surface area contributed by atoms with Crippen LogP contribution in [0.2, 0.25) is 0 Å². The van der Waals surface area contributed by atoms with Gasteiger partial charge >= 0.3 is 0 Å². The highest BCUT2D eigenvalue weighted by atomic mass is 32.1. The first-order chi connectivity index (χ1) is 7.74. The van der Waals surface area contributed by atoms with Crippen molar-refractivity contribution in [3.8, 4) is 0 Å². The molecule has 0 saturated carbocycles. The van der Waals surface area contributed by atoms with E-state index in [4.69, 9.17) is 5.73 Å². The van der Waals surface area contributed by atoms with Gasteiger partial charge in [-0.05, 0) is 12.1 Å². The molecule has 16 heavy (non-hydrogen) atoms. The molecule has 2 aromatic rings. The lowest BCUT2D eigenvalue weighted by Crippen LogP contribution is -2.15. The van der Waals surface area contributed by atoms with Gasteiger partial charge in [0.1, 0.15) is 5.51 Å². The summed E-state index contributed by atoms with van der Waals surface area (Å²) >= 11 is 1.27. The summed E-state index contributed by atoms with van der Waals surface area (Å²) in [7, 11) is 0. The molecule has 1 amide bonds. The second kappa shape index (κ2) is 4.67. The molecule has 6 nitrogen and oxygen atoms in total. The van der Waals surface area contributed by atoms with Crippen LogP contribution < -0.4 is 11.1 Å². The minimum Gasteiger partial charge on any atom is -0.397 e. The van der Waals surface area contributed by atoms with E-state index in [1.807, 2.05) is 0 Å². The summed E-state index contributed by atoms with van der Waals surface area (Å²) in [5, 5.41) is 10.4. The van der Waals surface area contributed by atoms with E-state index >= 15 is 0 Å². The summed E-state index contributed by atoms with van der Waals surface area (Å²) in [5.74, 6) is -0.172. The number of aromatic nitrogens is 3. The van der Waals surface area contributed by atoms with E-state index in [-0.39, 0.29) is 12.3 Å². The molecule has 2 heterocycles. The smallest absolute Gasteiger partial charge is 0.232 e. The number of nitrogens with zero attached hydrogens (tertiary/aromatic N) is 3. The topological polar surface area (TPSA) is 93.8 Å². The van der Waals surface area contributed by atoms with Crippen molar-refractivity contribution in [1.82, 2.24) is 15.2 Å². The quantitative estimate of drug-likeness (QED) is 0.816. The van der Waals surface area contributed by atoms with Crippen LogP contribution in [0.25, 0.3) is 0 Å². The van der Waals surface area contributed by atoms with Crippen molar-refractivity contribution >= 4 is 28.1 Å². The molecule has 7 heteroatoms. The average Bonchev–Trinajstić information content (AvgIpc) is 2.74. The van der Waals surface area contributed by atoms with Crippen molar-refractivity contribution in [2.24, 2.45) is 0 Å². The Morgan fingerprint density at radius 1 is 1.50 bits per heavy atom. The Morgan fingerprint density at radius 2 is 2.38 bits per heavy atom. The number of nitrogens with one attached hydrogen (secondary N) is 1. The van der Waals surface area contributed by atoms with Crippen LogP contribution in [-0.4, -0.2) is 21.1 Å². The number of rotatable bonds is 3. The van der Waals surface area contributed by atoms with Gasteiger partial charge in [0.05, 0.1) is 18.3 Å². The Morgan fingerprint density at radius 3 is 3.00 bits per heavy atom. The number of carbonyl (C=O) groups excluding carboxylic acids is 1. The van der Waals surface area contributed by atoms with Crippen molar-refractivity contribution in [3.63, 3.8) is 0 Å². The van der Waals surface area contributed by atoms with Gasteiger partial charge in [0.2, 0.25) is 11.0 Å². The lowest BCUT2D eigenvalue weighted by molar-refractivity contribution is -0.115. The zero-order valence-electron chi connectivity index (χ0n) is 8.25. The van der Waals surface area contributed by atoms with Gasteiger partial charge < -0.3 is 11.1 Å². The van der Waals surface area contributed by atoms with Crippen molar-refractivity contribution < 1.29 is 4.79 Å². The van der Waals surface area contributed by atoms with Gasteiger partial charge in [-0.2, -0.15) is 0 Å². The largest absolute Gasteiger partial charge is 0.397 e. The lowest BCUT2D eigenvalue weighted by Gasteiger charge is -2.01. The van der Waals surface area contributed by atoms with Crippen LogP contribution in [0.5, 0.6) is 0 Å². The summed E-state index contributed by atoms with van der Waals surface area (Å²) in [6.45, 7) is 0. The maximum atomic E-state index is 11.5. The number of nitrogen functional groups attached to an aromatic ring is 1. The molecule has 2 rings (SSSR count). The monoisotopic (exact) mass is 235 g/mol. The molecule has 0 unspecified atom stereocenters. The Hall–Kier alpha value is -2.02. The molecular weight excluding hydrogens is 226 g/mol. The second-order valence-corrected chi connectivity index (χ2v) is 3.88. The standard InChI is InChI=1S/C9H9N5OS/c10-6-1-2-7(11-4-6)3-8(15)13-9-14-12-5-16-9/h1-2,4-5H,3,10H2,(H,13,14,15). The molecule has 0 aliphatic carbocycles. The van der Waals surface area contributed by atoms with E-state index in [0.29, 0.717) is 16.5 Å². The van der Waals surface area contributed by atoms with E-state index in [2.05, 4.69) is 20.5 Å². The summed E-state index contributed by atoms with van der Waals surface area (Å²) in [5.41, 5.74) is 8.28. The zero-order chi connectivity index (χ0) is 11.4. The first-order valence-electron chi connectivity index (χ1n) is 4.50. The Balaban J connectivity index is 1.95. The minimum absolute atomic E-state index is 0.172. The zero-order valence-corrected chi connectivity index (χ0v) is 9.07. The maximum absolute atomic E-state index is 11.5. The van der Waals surface area contributed by atoms with Gasteiger partial charge in [-0.25, -0.2) is 0 Å². The van der Waals surface area contributed by atoms with Crippen molar-refractivity contribution in [2.45, 2.75) is 6.42 Å². The third-order valence-electron chi connectivity index (χ3n) is 1.80. The van der Waals surface area contributed by atoms with E-state index in [0.717, 1.165) is 0 Å². The van der Waals surface area contributed by atoms with Crippen LogP contribution in [0.4, 0.5) is 10.8 Å². The number of hydrogen-bond donors (Lipinski definition) is 2. The highest BCUT2D eigenvalue weighted by Crippen LogP contribution is 2.09. The highest BCUT2D eigenvalue weighted by Gasteiger charge is 2.06. The number of amides is 1. The van der Waals surface area contributed by atoms with Crippen LogP contribution in [0.1, 0.15) is 5.69 Å². The summed E-state index contributed by atoms with van der Waals surface area (Å²) < 4.78 is 0.